The lowest BCUT2D eigenvalue weighted by atomic mass is 9.86. The predicted molar refractivity (Wildman–Crippen MR) is 93.0 cm³/mol. The molecule has 128 valence electrons. The van der Waals surface area contributed by atoms with Gasteiger partial charge >= 0.3 is 6.03 Å². The lowest BCUT2D eigenvalue weighted by molar-refractivity contribution is -0.117. The molecule has 0 saturated carbocycles. The van der Waals surface area contributed by atoms with Crippen molar-refractivity contribution in [3.05, 3.63) is 29.8 Å². The number of hydrogen-bond acceptors (Lipinski definition) is 2. The van der Waals surface area contributed by atoms with Gasteiger partial charge in [-0.2, -0.15) is 0 Å². The Bertz CT molecular complexity index is 668. The summed E-state index contributed by atoms with van der Waals surface area (Å²) in [7, 11) is 0. The lowest BCUT2D eigenvalue weighted by Crippen LogP contribution is -2.42. The van der Waals surface area contributed by atoms with Crippen molar-refractivity contribution < 1.29 is 9.59 Å². The average molecular weight is 327 g/mol. The SMILES string of the molecule is Cc1cccc(N2CC3(CCN(C(=O)N4CCCC4)C3)CC2=O)c1. The standard InChI is InChI=1S/C19H25N3O2/c1-15-5-4-6-16(11-15)22-14-19(12-17(22)23)7-10-21(13-19)18(24)20-8-2-3-9-20/h4-6,11H,2-3,7-10,12-14H2,1H3. The topological polar surface area (TPSA) is 43.9 Å². The van der Waals surface area contributed by atoms with E-state index in [-0.39, 0.29) is 17.4 Å². The van der Waals surface area contributed by atoms with E-state index in [0.717, 1.165) is 57.7 Å². The number of amides is 3. The number of carbonyl (C=O) groups excluding carboxylic acids is 2. The quantitative estimate of drug-likeness (QED) is 0.796. The van der Waals surface area contributed by atoms with Gasteiger partial charge < -0.3 is 14.7 Å². The molecule has 1 unspecified atom stereocenters. The molecule has 3 amide bonds. The molecule has 3 aliphatic heterocycles. The van der Waals surface area contributed by atoms with Crippen LogP contribution in [0.25, 0.3) is 0 Å². The van der Waals surface area contributed by atoms with Gasteiger partial charge in [-0.3, -0.25) is 4.79 Å². The summed E-state index contributed by atoms with van der Waals surface area (Å²) in [5.74, 6) is 0.191. The number of nitrogens with zero attached hydrogens (tertiary/aromatic N) is 3. The fourth-order valence-electron chi connectivity index (χ4n) is 4.41. The van der Waals surface area contributed by atoms with Crippen molar-refractivity contribution in [3.8, 4) is 0 Å². The van der Waals surface area contributed by atoms with E-state index in [2.05, 4.69) is 6.07 Å². The Hall–Kier alpha value is -2.04. The third-order valence-corrected chi connectivity index (χ3v) is 5.72. The highest BCUT2D eigenvalue weighted by molar-refractivity contribution is 5.96. The zero-order valence-electron chi connectivity index (χ0n) is 14.3. The molecule has 1 spiro atoms. The van der Waals surface area contributed by atoms with Crippen LogP contribution in [0.2, 0.25) is 0 Å². The second-order valence-corrected chi connectivity index (χ2v) is 7.64. The molecule has 5 heteroatoms. The van der Waals surface area contributed by atoms with E-state index in [9.17, 15) is 9.59 Å². The van der Waals surface area contributed by atoms with Gasteiger partial charge in [0, 0.05) is 50.2 Å². The number of hydrogen-bond donors (Lipinski definition) is 0. The number of benzene rings is 1. The third-order valence-electron chi connectivity index (χ3n) is 5.72. The molecule has 0 radical (unpaired) electrons. The van der Waals surface area contributed by atoms with Crippen molar-refractivity contribution in [2.75, 3.05) is 37.6 Å². The van der Waals surface area contributed by atoms with E-state index in [0.29, 0.717) is 6.42 Å². The summed E-state index contributed by atoms with van der Waals surface area (Å²) in [6.07, 6.45) is 3.72. The van der Waals surface area contributed by atoms with E-state index in [1.165, 1.54) is 5.56 Å². The Morgan fingerprint density at radius 1 is 1.08 bits per heavy atom. The second kappa shape index (κ2) is 5.80. The molecule has 3 saturated heterocycles. The summed E-state index contributed by atoms with van der Waals surface area (Å²) >= 11 is 0. The molecule has 0 bridgehead atoms. The van der Waals surface area contributed by atoms with Gasteiger partial charge in [-0.25, -0.2) is 4.79 Å². The van der Waals surface area contributed by atoms with Gasteiger partial charge in [-0.05, 0) is 43.9 Å². The molecule has 0 aromatic heterocycles. The maximum Gasteiger partial charge on any atom is 0.320 e. The van der Waals surface area contributed by atoms with E-state index >= 15 is 0 Å². The highest BCUT2D eigenvalue weighted by atomic mass is 16.2. The summed E-state index contributed by atoms with van der Waals surface area (Å²) in [6.45, 7) is 6.05. The van der Waals surface area contributed by atoms with Crippen LogP contribution in [-0.4, -0.2) is 54.5 Å². The maximum atomic E-state index is 12.6. The largest absolute Gasteiger partial charge is 0.325 e. The number of urea groups is 1. The van der Waals surface area contributed by atoms with Crippen LogP contribution in [0.1, 0.15) is 31.2 Å². The van der Waals surface area contributed by atoms with Crippen LogP contribution in [-0.2, 0) is 4.79 Å². The maximum absolute atomic E-state index is 12.6. The van der Waals surface area contributed by atoms with Gasteiger partial charge in [0.15, 0.2) is 0 Å². The highest BCUT2D eigenvalue weighted by Gasteiger charge is 2.49. The number of likely N-dealkylation sites (tertiary alicyclic amines) is 2. The minimum Gasteiger partial charge on any atom is -0.325 e. The zero-order chi connectivity index (χ0) is 16.7. The summed E-state index contributed by atoms with van der Waals surface area (Å²) in [4.78, 5) is 31.1. The number of aryl methyl sites for hydroxylation is 1. The summed E-state index contributed by atoms with van der Waals surface area (Å²) < 4.78 is 0. The molecule has 1 aromatic carbocycles. The predicted octanol–water partition coefficient (Wildman–Crippen LogP) is 2.64. The fraction of sp³-hybridized carbons (Fsp3) is 0.579. The number of rotatable bonds is 1. The van der Waals surface area contributed by atoms with Crippen molar-refractivity contribution in [2.45, 2.75) is 32.6 Å². The first-order chi connectivity index (χ1) is 11.6. The number of carbonyl (C=O) groups is 2. The van der Waals surface area contributed by atoms with Crippen LogP contribution < -0.4 is 4.90 Å². The van der Waals surface area contributed by atoms with E-state index in [1.807, 2.05) is 39.8 Å². The van der Waals surface area contributed by atoms with Crippen molar-refractivity contribution in [1.82, 2.24) is 9.80 Å². The van der Waals surface area contributed by atoms with Crippen LogP contribution in [0, 0.1) is 12.3 Å². The van der Waals surface area contributed by atoms with Gasteiger partial charge in [-0.15, -0.1) is 0 Å². The molecule has 3 heterocycles. The number of anilines is 1. The molecule has 1 atom stereocenters. The van der Waals surface area contributed by atoms with Crippen molar-refractivity contribution in [2.24, 2.45) is 5.41 Å². The van der Waals surface area contributed by atoms with Gasteiger partial charge in [-0.1, -0.05) is 12.1 Å². The van der Waals surface area contributed by atoms with Crippen LogP contribution >= 0.6 is 0 Å². The molecule has 3 aliphatic rings. The Kier molecular flexibility index (Phi) is 3.74. The van der Waals surface area contributed by atoms with E-state index in [1.54, 1.807) is 0 Å². The highest BCUT2D eigenvalue weighted by Crippen LogP contribution is 2.42. The molecule has 3 fully saturated rings. The Balaban J connectivity index is 1.47. The molecular weight excluding hydrogens is 302 g/mol. The molecular formula is C19H25N3O2. The molecule has 0 aliphatic carbocycles. The molecule has 4 rings (SSSR count). The van der Waals surface area contributed by atoms with Crippen LogP contribution in [0.3, 0.4) is 0 Å². The molecule has 1 aromatic rings. The van der Waals surface area contributed by atoms with Crippen LogP contribution in [0.5, 0.6) is 0 Å². The van der Waals surface area contributed by atoms with Gasteiger partial charge in [0.2, 0.25) is 5.91 Å². The minimum absolute atomic E-state index is 0.0593. The summed E-state index contributed by atoms with van der Waals surface area (Å²) in [5.41, 5.74) is 2.09. The Morgan fingerprint density at radius 2 is 1.88 bits per heavy atom. The van der Waals surface area contributed by atoms with Gasteiger partial charge in [0.1, 0.15) is 0 Å². The minimum atomic E-state index is -0.0593. The summed E-state index contributed by atoms with van der Waals surface area (Å²) in [5, 5.41) is 0. The Morgan fingerprint density at radius 3 is 2.62 bits per heavy atom. The Labute approximate surface area is 143 Å². The zero-order valence-corrected chi connectivity index (χ0v) is 14.3. The normalized spacial score (nSPS) is 26.9. The van der Waals surface area contributed by atoms with E-state index in [4.69, 9.17) is 0 Å². The van der Waals surface area contributed by atoms with Gasteiger partial charge in [0.25, 0.3) is 0 Å². The fourth-order valence-corrected chi connectivity index (χ4v) is 4.41. The monoisotopic (exact) mass is 327 g/mol. The summed E-state index contributed by atoms with van der Waals surface area (Å²) in [6, 6.07) is 8.29. The van der Waals surface area contributed by atoms with Gasteiger partial charge in [0.05, 0.1) is 0 Å². The molecule has 24 heavy (non-hydrogen) atoms. The van der Waals surface area contributed by atoms with Crippen molar-refractivity contribution in [3.63, 3.8) is 0 Å². The van der Waals surface area contributed by atoms with Crippen LogP contribution in [0.15, 0.2) is 24.3 Å². The van der Waals surface area contributed by atoms with Crippen molar-refractivity contribution >= 4 is 17.6 Å². The average Bonchev–Trinajstić information content (AvgIpc) is 3.28. The lowest BCUT2D eigenvalue weighted by Gasteiger charge is -2.27. The first kappa shape index (κ1) is 15.5. The molecule has 0 N–H and O–H groups in total. The second-order valence-electron chi connectivity index (χ2n) is 7.64. The van der Waals surface area contributed by atoms with Crippen molar-refractivity contribution in [1.29, 1.82) is 0 Å². The molecule has 5 nitrogen and oxygen atoms in total. The first-order valence-electron chi connectivity index (χ1n) is 8.97. The first-order valence-corrected chi connectivity index (χ1v) is 8.97. The van der Waals surface area contributed by atoms with Crippen LogP contribution in [0.4, 0.5) is 10.5 Å². The smallest absolute Gasteiger partial charge is 0.320 e. The third kappa shape index (κ3) is 2.66. The van der Waals surface area contributed by atoms with E-state index < -0.39 is 0 Å².